The number of nitrogens with two attached hydrogens (primary N) is 1. The molecule has 0 atom stereocenters. The number of halogens is 9. The summed E-state index contributed by atoms with van der Waals surface area (Å²) >= 11 is 16.8. The first kappa shape index (κ1) is 48.4. The van der Waals surface area contributed by atoms with Gasteiger partial charge in [-0.2, -0.15) is 37.0 Å². The fraction of sp³-hybridized carbons (Fsp3) is 0.206. The van der Waals surface area contributed by atoms with Crippen LogP contribution in [0.1, 0.15) is 21.5 Å². The second kappa shape index (κ2) is 20.0. The minimum atomic E-state index is -5.14. The Kier molecular flexibility index (Phi) is 15.6. The van der Waals surface area contributed by atoms with Gasteiger partial charge in [0.25, 0.3) is 22.4 Å². The number of nitrogens with one attached hydrogen (secondary N) is 1. The molecule has 2 aromatic carbocycles. The van der Waals surface area contributed by atoms with E-state index in [1.54, 1.807) is 23.1 Å². The van der Waals surface area contributed by atoms with E-state index in [-0.39, 0.29) is 38.7 Å². The molecular formula is C34H27Cl3F6N8O10S. The van der Waals surface area contributed by atoms with Gasteiger partial charge in [-0.3, -0.25) is 4.98 Å². The number of ether oxygens (including phenoxy) is 4. The Balaban J connectivity index is 0.000000233. The normalized spacial score (nSPS) is 11.3. The van der Waals surface area contributed by atoms with Crippen LogP contribution in [0.2, 0.25) is 15.1 Å². The predicted octanol–water partition coefficient (Wildman–Crippen LogP) is 7.07. The Hall–Kier alpha value is -6.31. The molecule has 4 aromatic heterocycles. The lowest BCUT2D eigenvalue weighted by atomic mass is 10.1. The summed E-state index contributed by atoms with van der Waals surface area (Å²) in [5.74, 6) is -5.30. The SMILES string of the molecule is COc1cnc(OC)n2nc(NS(=O)(=O)c3c(OCC(F)F)cccc3C(F)(F)F)nc12.Cc1cnc2c(C(=O)O)c(Cl)ccc2c1.Nc1c(Cl)c(F)nc(OCC(=O)O)c1Cl. The van der Waals surface area contributed by atoms with Gasteiger partial charge < -0.3 is 34.9 Å². The zero-order valence-corrected chi connectivity index (χ0v) is 34.4. The summed E-state index contributed by atoms with van der Waals surface area (Å²) in [7, 11) is -2.56. The number of pyridine rings is 2. The molecule has 0 bridgehead atoms. The van der Waals surface area contributed by atoms with Gasteiger partial charge >= 0.3 is 24.1 Å². The zero-order chi connectivity index (χ0) is 46.3. The Morgan fingerprint density at radius 1 is 0.968 bits per heavy atom. The van der Waals surface area contributed by atoms with Crippen molar-refractivity contribution in [1.82, 2.24) is 29.5 Å². The van der Waals surface area contributed by atoms with Crippen molar-refractivity contribution in [2.75, 3.05) is 37.9 Å². The number of hydrogen-bond acceptors (Lipinski definition) is 14. The number of hydrogen-bond donors (Lipinski definition) is 4. The van der Waals surface area contributed by atoms with E-state index >= 15 is 0 Å². The molecule has 6 aromatic rings. The Bertz CT molecular complexity index is 2710. The Morgan fingerprint density at radius 3 is 2.26 bits per heavy atom. The van der Waals surface area contributed by atoms with E-state index in [9.17, 15) is 44.3 Å². The summed E-state index contributed by atoms with van der Waals surface area (Å²) in [6, 6.07) is 7.21. The third kappa shape index (κ3) is 11.5. The first-order chi connectivity index (χ1) is 29.0. The van der Waals surface area contributed by atoms with Crippen molar-refractivity contribution in [3.05, 3.63) is 86.5 Å². The maximum atomic E-state index is 13.5. The molecule has 4 heterocycles. The average Bonchev–Trinajstić information content (AvgIpc) is 3.62. The second-order valence-corrected chi connectivity index (χ2v) is 14.4. The molecule has 6 rings (SSSR count). The number of aliphatic carboxylic acids is 1. The monoisotopic (exact) mass is 958 g/mol. The van der Waals surface area contributed by atoms with E-state index in [0.29, 0.717) is 11.6 Å². The van der Waals surface area contributed by atoms with Crippen LogP contribution in [0.5, 0.6) is 23.4 Å². The highest BCUT2D eigenvalue weighted by Crippen LogP contribution is 2.40. The van der Waals surface area contributed by atoms with Gasteiger partial charge in [0.15, 0.2) is 12.4 Å². The van der Waals surface area contributed by atoms with Gasteiger partial charge in [-0.15, -0.1) is 5.10 Å². The van der Waals surface area contributed by atoms with E-state index in [2.05, 4.69) is 34.5 Å². The van der Waals surface area contributed by atoms with Crippen molar-refractivity contribution >= 4 is 85.0 Å². The number of rotatable bonds is 12. The number of fused-ring (bicyclic) bond motifs is 2. The molecular weight excluding hydrogens is 933 g/mol. The Morgan fingerprint density at radius 2 is 1.66 bits per heavy atom. The highest BCUT2D eigenvalue weighted by Gasteiger charge is 2.40. The number of nitrogens with zero attached hydrogens (tertiary/aromatic N) is 6. The number of carbonyl (C=O) groups is 2. The minimum absolute atomic E-state index is 0.0559. The number of aromatic nitrogens is 6. The molecule has 0 amide bonds. The molecule has 0 saturated carbocycles. The fourth-order valence-corrected chi connectivity index (χ4v) is 6.74. The molecule has 0 aliphatic carbocycles. The van der Waals surface area contributed by atoms with Crippen LogP contribution in [-0.2, 0) is 21.0 Å². The zero-order valence-electron chi connectivity index (χ0n) is 31.3. The van der Waals surface area contributed by atoms with Crippen LogP contribution < -0.4 is 29.4 Å². The van der Waals surface area contributed by atoms with Crippen LogP contribution in [0, 0.1) is 12.9 Å². The molecule has 0 aliphatic rings. The number of aryl methyl sites for hydroxylation is 1. The quantitative estimate of drug-likeness (QED) is 0.0707. The Labute approximate surface area is 359 Å². The largest absolute Gasteiger partial charge is 0.491 e. The first-order valence-electron chi connectivity index (χ1n) is 16.4. The molecule has 5 N–H and O–H groups in total. The van der Waals surface area contributed by atoms with Crippen LogP contribution in [-0.4, -0.2) is 94.0 Å². The molecule has 0 unspecified atom stereocenters. The van der Waals surface area contributed by atoms with Crippen LogP contribution in [0.25, 0.3) is 16.6 Å². The number of carboxylic acids is 2. The lowest BCUT2D eigenvalue weighted by molar-refractivity contribution is -0.140. The maximum Gasteiger partial charge on any atom is 0.417 e. The lowest BCUT2D eigenvalue weighted by Gasteiger charge is -2.17. The molecule has 0 fully saturated rings. The fourth-order valence-electron chi connectivity index (χ4n) is 4.84. The maximum absolute atomic E-state index is 13.5. The smallest absolute Gasteiger partial charge is 0.417 e. The van der Waals surface area contributed by atoms with Crippen LogP contribution in [0.3, 0.4) is 0 Å². The van der Waals surface area contributed by atoms with Crippen LogP contribution in [0.4, 0.5) is 38.0 Å². The summed E-state index contributed by atoms with van der Waals surface area (Å²) < 4.78 is 126. The van der Waals surface area contributed by atoms with Gasteiger partial charge in [0.2, 0.25) is 17.5 Å². The molecule has 0 aliphatic heterocycles. The van der Waals surface area contributed by atoms with E-state index in [0.717, 1.165) is 27.6 Å². The van der Waals surface area contributed by atoms with Gasteiger partial charge in [-0.1, -0.05) is 46.9 Å². The lowest BCUT2D eigenvalue weighted by Crippen LogP contribution is -2.21. The highest BCUT2D eigenvalue weighted by molar-refractivity contribution is 7.92. The van der Waals surface area contributed by atoms with Crippen molar-refractivity contribution in [3.63, 3.8) is 0 Å². The summed E-state index contributed by atoms with van der Waals surface area (Å²) in [5.41, 5.74) is 4.87. The van der Waals surface area contributed by atoms with Crippen LogP contribution in [0.15, 0.2) is 53.7 Å². The van der Waals surface area contributed by atoms with Gasteiger partial charge in [0.05, 0.1) is 42.2 Å². The summed E-state index contributed by atoms with van der Waals surface area (Å²) in [6.07, 6.45) is -5.36. The third-order valence-corrected chi connectivity index (χ3v) is 9.82. The average molecular weight is 960 g/mol. The molecule has 28 heteroatoms. The number of methoxy groups -OCH3 is 2. The third-order valence-electron chi connectivity index (χ3n) is 7.37. The number of sulfonamides is 1. The molecule has 18 nitrogen and oxygen atoms in total. The number of anilines is 2. The first-order valence-corrected chi connectivity index (χ1v) is 19.0. The summed E-state index contributed by atoms with van der Waals surface area (Å²) in [4.78, 5) is 34.8. The van der Waals surface area contributed by atoms with E-state index in [4.69, 9.17) is 60.2 Å². The molecule has 0 radical (unpaired) electrons. The van der Waals surface area contributed by atoms with Crippen molar-refractivity contribution < 1.29 is 73.5 Å². The summed E-state index contributed by atoms with van der Waals surface area (Å²) in [5, 5.41) is 21.5. The van der Waals surface area contributed by atoms with Gasteiger partial charge in [0, 0.05) is 11.6 Å². The topological polar surface area (TPSA) is 253 Å². The van der Waals surface area contributed by atoms with Crippen molar-refractivity contribution in [2.24, 2.45) is 0 Å². The standard InChI is InChI=1S/C16H14F5N5O5S.C11H8ClNO2.C7H5Cl2FN2O3/c1-29-10-6-22-15(30-2)26-13(10)23-14(24-26)25-32(27,28)12-8(16(19,20)21)4-3-5-9(12)31-7-11(17)18;1-6-4-7-2-3-8(12)9(11(14)15)10(7)13-5-6;8-3-5(11)4(9)7(12-6(3)10)15-1-2(13)14/h3-6,11H,7H2,1-2H3,(H,24,25);2-5H,1H3,(H,14,15);1H2,(H2,11,12)(H,13,14). The van der Waals surface area contributed by atoms with Gasteiger partial charge in [-0.25, -0.2) is 31.5 Å². The predicted molar refractivity (Wildman–Crippen MR) is 208 cm³/mol. The van der Waals surface area contributed by atoms with E-state index < -0.39 is 86.8 Å². The number of alkyl halides is 5. The van der Waals surface area contributed by atoms with E-state index in [1.165, 1.54) is 20.4 Å². The summed E-state index contributed by atoms with van der Waals surface area (Å²) in [6.45, 7) is -0.120. The molecule has 0 spiro atoms. The second-order valence-electron chi connectivity index (χ2n) is 11.7. The van der Waals surface area contributed by atoms with Crippen molar-refractivity contribution in [3.8, 4) is 23.4 Å². The van der Waals surface area contributed by atoms with Crippen molar-refractivity contribution in [2.45, 2.75) is 24.4 Å². The number of carboxylic acid groups (broad SMARTS) is 2. The van der Waals surface area contributed by atoms with Gasteiger partial charge in [0.1, 0.15) is 32.9 Å². The van der Waals surface area contributed by atoms with Crippen molar-refractivity contribution in [1.29, 1.82) is 0 Å². The van der Waals surface area contributed by atoms with E-state index in [1.807, 2.05) is 13.0 Å². The minimum Gasteiger partial charge on any atom is -0.491 e. The highest BCUT2D eigenvalue weighted by atomic mass is 35.5. The molecule has 0 saturated heterocycles. The number of benzene rings is 2. The van der Waals surface area contributed by atoms with Crippen LogP contribution >= 0.6 is 34.8 Å². The molecule has 62 heavy (non-hydrogen) atoms. The number of nitrogen functional groups attached to an aromatic ring is 1. The number of aromatic carboxylic acids is 1. The van der Waals surface area contributed by atoms with Gasteiger partial charge in [-0.05, 0) is 36.8 Å². The molecule has 332 valence electrons.